The molecule has 2 unspecified atom stereocenters. The molecule has 3 aliphatic rings. The molecule has 3 aromatic carbocycles. The summed E-state index contributed by atoms with van der Waals surface area (Å²) in [6.07, 6.45) is 0.350. The van der Waals surface area contributed by atoms with Gasteiger partial charge in [0.1, 0.15) is 12.1 Å². The van der Waals surface area contributed by atoms with E-state index in [0.717, 1.165) is 86.1 Å². The average Bonchev–Trinajstić information content (AvgIpc) is 3.95. The van der Waals surface area contributed by atoms with Crippen LogP contribution in [0.1, 0.15) is 28.2 Å². The number of para-hydroxylation sites is 2. The van der Waals surface area contributed by atoms with Crippen LogP contribution >= 0.6 is 0 Å². The quantitative estimate of drug-likeness (QED) is 0.0725. The van der Waals surface area contributed by atoms with Gasteiger partial charge in [0.2, 0.25) is 0 Å². The fourth-order valence-electron chi connectivity index (χ4n) is 8.62. The van der Waals surface area contributed by atoms with E-state index in [0.29, 0.717) is 54.9 Å². The average molecular weight is 868 g/mol. The molecule has 0 saturated carbocycles. The minimum absolute atomic E-state index is 0.0224. The lowest BCUT2D eigenvalue weighted by Crippen LogP contribution is -2.36. The number of carbonyl (C=O) groups is 2. The van der Waals surface area contributed by atoms with Crippen LogP contribution in [-0.2, 0) is 36.6 Å². The molecular formula is C45H57N9O9. The Bertz CT molecular complexity index is 2570. The summed E-state index contributed by atoms with van der Waals surface area (Å²) < 4.78 is 16.2. The number of ether oxygens (including phenoxy) is 3. The Morgan fingerprint density at radius 2 is 1.13 bits per heavy atom. The molecule has 18 nitrogen and oxygen atoms in total. The monoisotopic (exact) mass is 867 g/mol. The van der Waals surface area contributed by atoms with Gasteiger partial charge in [-0.3, -0.25) is 19.7 Å². The summed E-state index contributed by atoms with van der Waals surface area (Å²) >= 11 is 0. The minimum Gasteiger partial charge on any atom is -0.480 e. The van der Waals surface area contributed by atoms with Gasteiger partial charge in [-0.15, -0.1) is 0 Å². The van der Waals surface area contributed by atoms with E-state index in [9.17, 15) is 19.7 Å². The number of carboxylic acids is 2. The minimum atomic E-state index is -1.14. The van der Waals surface area contributed by atoms with Crippen LogP contribution in [0.15, 0.2) is 54.6 Å². The number of H-pyrrole nitrogens is 3. The number of nitrogens with two attached hydrogens (primary N) is 2. The van der Waals surface area contributed by atoms with Crippen LogP contribution in [0.25, 0.3) is 32.7 Å². The van der Waals surface area contributed by atoms with E-state index in [1.807, 2.05) is 19.1 Å². The fourth-order valence-corrected chi connectivity index (χ4v) is 8.62. The van der Waals surface area contributed by atoms with Crippen molar-refractivity contribution in [2.45, 2.75) is 45.7 Å². The van der Waals surface area contributed by atoms with Crippen LogP contribution in [0.3, 0.4) is 0 Å². The summed E-state index contributed by atoms with van der Waals surface area (Å²) in [6.45, 7) is 15.2. The maximum Gasteiger partial charge on any atom is 0.320 e. The molecule has 0 bridgehead atoms. The van der Waals surface area contributed by atoms with Crippen molar-refractivity contribution in [1.82, 2.24) is 15.0 Å². The molecule has 6 heterocycles. The maximum absolute atomic E-state index is 11.5. The van der Waals surface area contributed by atoms with E-state index in [1.54, 1.807) is 13.0 Å². The molecule has 336 valence electrons. The topological polar surface area (TPSA) is 255 Å². The first kappa shape index (κ1) is 44.9. The summed E-state index contributed by atoms with van der Waals surface area (Å²) in [5.74, 6) is -2.11. The van der Waals surface area contributed by atoms with Crippen molar-refractivity contribution in [1.29, 1.82) is 0 Å². The number of carboxylic acid groups (broad SMARTS) is 2. The lowest BCUT2D eigenvalue weighted by Gasteiger charge is -2.29. The molecule has 0 radical (unpaired) electrons. The second-order valence-electron chi connectivity index (χ2n) is 16.1. The van der Waals surface area contributed by atoms with Gasteiger partial charge in [-0.2, -0.15) is 0 Å². The molecule has 63 heavy (non-hydrogen) atoms. The predicted octanol–water partition coefficient (Wildman–Crippen LogP) is 4.76. The van der Waals surface area contributed by atoms with Crippen molar-refractivity contribution in [3.63, 3.8) is 0 Å². The van der Waals surface area contributed by atoms with Gasteiger partial charge in [-0.25, -0.2) is 0 Å². The second-order valence-corrected chi connectivity index (χ2v) is 16.1. The number of non-ortho nitro benzene ring substituents is 1. The van der Waals surface area contributed by atoms with Gasteiger partial charge in [0.25, 0.3) is 5.69 Å². The first-order valence-corrected chi connectivity index (χ1v) is 21.2. The number of nitrogens with one attached hydrogen (secondary N) is 3. The van der Waals surface area contributed by atoms with Crippen molar-refractivity contribution < 1.29 is 38.9 Å². The van der Waals surface area contributed by atoms with E-state index >= 15 is 0 Å². The van der Waals surface area contributed by atoms with Crippen LogP contribution in [0.5, 0.6) is 0 Å². The Morgan fingerprint density at radius 3 is 1.65 bits per heavy atom. The number of hydrogen-bond acceptors (Lipinski definition) is 12. The second kappa shape index (κ2) is 19.9. The Morgan fingerprint density at radius 1 is 0.667 bits per heavy atom. The molecule has 0 amide bonds. The van der Waals surface area contributed by atoms with E-state index in [-0.39, 0.29) is 12.1 Å². The van der Waals surface area contributed by atoms with Crippen LogP contribution in [0, 0.1) is 30.9 Å². The lowest BCUT2D eigenvalue weighted by molar-refractivity contribution is -0.383. The number of anilines is 3. The number of nitro groups is 1. The molecule has 3 saturated heterocycles. The number of hydrogen-bond donors (Lipinski definition) is 7. The SMILES string of the molecule is Cc1[nH]c2c(N3CCOCC3)ccc([N+](=O)[O-])c2c1CC(N)C(=O)O.Cc1[nH]c2c(N3CCOCC3)cccc2c1CC(N)C(=O)O.Cc1cc2cccc(N3CCOCC3)c2[nH]1. The summed E-state index contributed by atoms with van der Waals surface area (Å²) in [5.41, 5.74) is 22.0. The van der Waals surface area contributed by atoms with Crippen LogP contribution in [-0.4, -0.2) is 133 Å². The highest BCUT2D eigenvalue weighted by Crippen LogP contribution is 2.38. The number of fused-ring (bicyclic) bond motifs is 3. The zero-order chi connectivity index (χ0) is 44.8. The van der Waals surface area contributed by atoms with E-state index < -0.39 is 28.9 Å². The molecule has 3 aliphatic heterocycles. The van der Waals surface area contributed by atoms with E-state index in [4.69, 9.17) is 35.9 Å². The zero-order valence-electron chi connectivity index (χ0n) is 35.9. The Labute approximate surface area is 364 Å². The summed E-state index contributed by atoms with van der Waals surface area (Å²) in [7, 11) is 0. The molecule has 3 fully saturated rings. The number of aromatic amines is 3. The number of aliphatic carboxylic acids is 2. The Hall–Kier alpha value is -6.18. The van der Waals surface area contributed by atoms with Gasteiger partial charge >= 0.3 is 11.9 Å². The number of aromatic nitrogens is 3. The van der Waals surface area contributed by atoms with Gasteiger partial charge in [-0.05, 0) is 56.2 Å². The molecule has 9 rings (SSSR count). The number of morpholine rings is 3. The molecule has 6 aromatic rings. The number of nitrogens with zero attached hydrogens (tertiary/aromatic N) is 4. The van der Waals surface area contributed by atoms with Crippen LogP contribution < -0.4 is 26.2 Å². The van der Waals surface area contributed by atoms with Crippen molar-refractivity contribution in [2.24, 2.45) is 11.5 Å². The molecule has 0 aliphatic carbocycles. The highest BCUT2D eigenvalue weighted by atomic mass is 16.6. The summed E-state index contributed by atoms with van der Waals surface area (Å²) in [5, 5.41) is 32.4. The smallest absolute Gasteiger partial charge is 0.320 e. The molecule has 0 spiro atoms. The summed E-state index contributed by atoms with van der Waals surface area (Å²) in [4.78, 5) is 50.0. The molecular weight excluding hydrogens is 811 g/mol. The number of nitro benzene ring substituents is 1. The first-order chi connectivity index (χ1) is 30.3. The molecule has 3 aromatic heterocycles. The Kier molecular flexibility index (Phi) is 14.2. The third kappa shape index (κ3) is 10.1. The molecule has 9 N–H and O–H groups in total. The number of benzene rings is 3. The highest BCUT2D eigenvalue weighted by molar-refractivity contribution is 6.01. The van der Waals surface area contributed by atoms with Crippen molar-refractivity contribution in [2.75, 3.05) is 93.6 Å². The van der Waals surface area contributed by atoms with E-state index in [2.05, 4.69) is 66.9 Å². The molecule has 2 atom stereocenters. The third-order valence-electron chi connectivity index (χ3n) is 11.9. The summed E-state index contributed by atoms with van der Waals surface area (Å²) in [6, 6.07) is 16.0. The van der Waals surface area contributed by atoms with Gasteiger partial charge in [-0.1, -0.05) is 24.3 Å². The number of aryl methyl sites for hydroxylation is 3. The van der Waals surface area contributed by atoms with E-state index in [1.165, 1.54) is 28.4 Å². The Balaban J connectivity index is 0.000000145. The van der Waals surface area contributed by atoms with Gasteiger partial charge in [0.15, 0.2) is 0 Å². The standard InChI is InChI=1S/C16H20N4O5.C16H21N3O3.C13H16N2O/c1-9-10(8-11(17)16(21)22)14-12(20(23)24)2-3-13(15(14)18-9)19-4-6-25-7-5-19;1-10-12(9-13(17)16(20)21)11-3-2-4-14(15(11)18-10)19-5-7-22-8-6-19;1-10-9-11-3-2-4-12(13(11)14-10)15-5-7-16-8-6-15/h2-3,11,18H,4-8,17H2,1H3,(H,21,22);2-4,13,18H,5-9,17H2,1H3,(H,20,21);2-4,9,14H,5-8H2,1H3. The normalized spacial score (nSPS) is 16.6. The zero-order valence-corrected chi connectivity index (χ0v) is 35.9. The lowest BCUT2D eigenvalue weighted by atomic mass is 10.0. The first-order valence-electron chi connectivity index (χ1n) is 21.2. The van der Waals surface area contributed by atoms with Crippen molar-refractivity contribution in [3.05, 3.63) is 92.9 Å². The highest BCUT2D eigenvalue weighted by Gasteiger charge is 2.27. The van der Waals surface area contributed by atoms with Crippen molar-refractivity contribution in [3.8, 4) is 0 Å². The van der Waals surface area contributed by atoms with Gasteiger partial charge in [0.05, 0.1) is 83.6 Å². The maximum atomic E-state index is 11.5. The van der Waals surface area contributed by atoms with Gasteiger partial charge < -0.3 is 65.5 Å². The largest absolute Gasteiger partial charge is 0.480 e. The third-order valence-corrected chi connectivity index (χ3v) is 11.9. The molecule has 18 heteroatoms. The predicted molar refractivity (Wildman–Crippen MR) is 243 cm³/mol. The van der Waals surface area contributed by atoms with Crippen LogP contribution in [0.4, 0.5) is 22.7 Å². The van der Waals surface area contributed by atoms with Crippen LogP contribution in [0.2, 0.25) is 0 Å². The van der Waals surface area contributed by atoms with Crippen molar-refractivity contribution >= 4 is 67.4 Å². The van der Waals surface area contributed by atoms with Gasteiger partial charge in [0, 0.05) is 86.0 Å². The number of rotatable bonds is 10. The fraction of sp³-hybridized carbons (Fsp3) is 0.422.